The van der Waals surface area contributed by atoms with Crippen LogP contribution in [0.25, 0.3) is 0 Å². The van der Waals surface area contributed by atoms with Crippen LogP contribution in [0.2, 0.25) is 0 Å². The number of aliphatic carboxylic acids is 1. The van der Waals surface area contributed by atoms with Crippen LogP contribution in [0.3, 0.4) is 0 Å². The second-order valence-corrected chi connectivity index (χ2v) is 13.7. The number of carbonyl (C=O) groups is 3. The number of nitrogens with zero attached hydrogens (tertiary/aromatic N) is 9. The molecular weight excluding hydrogens is 629 g/mol. The van der Waals surface area contributed by atoms with Crippen LogP contribution < -0.4 is 10.4 Å². The molecule has 2 aliphatic heterocycles. The molecule has 0 spiro atoms. The first-order valence-electron chi connectivity index (χ1n) is 12.9. The highest BCUT2D eigenvalue weighted by atomic mass is 32.2. The third kappa shape index (κ3) is 5.84. The van der Waals surface area contributed by atoms with E-state index in [-0.39, 0.29) is 35.9 Å². The van der Waals surface area contributed by atoms with Crippen molar-refractivity contribution in [1.29, 1.82) is 0 Å². The van der Waals surface area contributed by atoms with Crippen molar-refractivity contribution in [2.24, 2.45) is 11.1 Å². The van der Waals surface area contributed by atoms with Crippen molar-refractivity contribution in [3.05, 3.63) is 35.6 Å². The van der Waals surface area contributed by atoms with Crippen molar-refractivity contribution in [3.8, 4) is 0 Å². The summed E-state index contributed by atoms with van der Waals surface area (Å²) in [5.41, 5.74) is 4.43. The molecule has 1 aliphatic carbocycles. The van der Waals surface area contributed by atoms with Gasteiger partial charge in [-0.2, -0.15) is 32.8 Å². The number of Topliss-reactive ketones (excluding diaryl/α,β-unsaturated/α-hetero) is 1. The maximum Gasteiger partial charge on any atom is 0.362 e. The van der Waals surface area contributed by atoms with Gasteiger partial charge in [0, 0.05) is 30.4 Å². The molecule has 1 amide bonds. The fourth-order valence-electron chi connectivity index (χ4n) is 4.87. The molecule has 21 heteroatoms. The summed E-state index contributed by atoms with van der Waals surface area (Å²) >= 11 is 2.68. The first-order valence-corrected chi connectivity index (χ1v) is 16.2. The summed E-state index contributed by atoms with van der Waals surface area (Å²) in [6.07, 6.45) is 4.90. The van der Waals surface area contributed by atoms with Gasteiger partial charge in [-0.15, -0.1) is 23.1 Å². The second-order valence-electron chi connectivity index (χ2n) is 10.3. The van der Waals surface area contributed by atoms with E-state index in [2.05, 4.69) is 25.3 Å². The SMILES string of the molecule is Nc1nc(/C(=N/OC2(C(=O)O)CC2)C(=O)C[C@@H]2C(=O)N(S(=O)(=O)O)[C@@H]2Cn2ncc(CSC3Cn4cnc[n+]4C3)n2)cs1. The highest BCUT2D eigenvalue weighted by Gasteiger charge is 2.56. The van der Waals surface area contributed by atoms with Gasteiger partial charge in [-0.25, -0.2) is 14.1 Å². The summed E-state index contributed by atoms with van der Waals surface area (Å²) in [6.45, 7) is 1.37. The molecule has 6 rings (SSSR count). The Kier molecular flexibility index (Phi) is 7.42. The zero-order valence-electron chi connectivity index (χ0n) is 22.2. The normalized spacial score (nSPS) is 22.7. The first-order chi connectivity index (χ1) is 20.4. The second kappa shape index (κ2) is 11.0. The molecule has 3 aromatic heterocycles. The lowest BCUT2D eigenvalue weighted by molar-refractivity contribution is -0.758. The van der Waals surface area contributed by atoms with Crippen molar-refractivity contribution < 1.29 is 42.0 Å². The van der Waals surface area contributed by atoms with Crippen LogP contribution in [-0.4, -0.2) is 92.3 Å². The van der Waals surface area contributed by atoms with E-state index >= 15 is 0 Å². The van der Waals surface area contributed by atoms with E-state index < -0.39 is 51.9 Å². The quantitative estimate of drug-likeness (QED) is 0.0642. The molecule has 3 aliphatic rings. The van der Waals surface area contributed by atoms with E-state index in [9.17, 15) is 32.5 Å². The third-order valence-electron chi connectivity index (χ3n) is 7.30. The maximum absolute atomic E-state index is 13.4. The number of carboxylic acids is 1. The number of β-lactam (4-membered cyclic amide) rings is 1. The molecule has 2 fully saturated rings. The van der Waals surface area contributed by atoms with Crippen LogP contribution in [0.15, 0.2) is 29.4 Å². The van der Waals surface area contributed by atoms with Gasteiger partial charge >= 0.3 is 22.6 Å². The number of hydrogen-bond donors (Lipinski definition) is 3. The number of rotatable bonds is 13. The van der Waals surface area contributed by atoms with Gasteiger partial charge in [-0.3, -0.25) is 14.1 Å². The van der Waals surface area contributed by atoms with Crippen LogP contribution in [0.1, 0.15) is 30.7 Å². The molecule has 0 radical (unpaired) electrons. The summed E-state index contributed by atoms with van der Waals surface area (Å²) in [7, 11) is -4.95. The number of thioether (sulfide) groups is 1. The lowest BCUT2D eigenvalue weighted by Gasteiger charge is -2.43. The molecule has 0 aromatic carbocycles. The molecule has 4 N–H and O–H groups in total. The molecule has 18 nitrogen and oxygen atoms in total. The van der Waals surface area contributed by atoms with Crippen molar-refractivity contribution >= 4 is 61.9 Å². The number of carboxylic acid groups (broad SMARTS) is 1. The number of carbonyl (C=O) groups excluding carboxylic acids is 2. The van der Waals surface area contributed by atoms with Crippen LogP contribution in [0, 0.1) is 5.92 Å². The van der Waals surface area contributed by atoms with Gasteiger partial charge in [0.15, 0.2) is 16.6 Å². The monoisotopic (exact) mass is 653 g/mol. The van der Waals surface area contributed by atoms with Gasteiger partial charge < -0.3 is 15.7 Å². The average Bonchev–Trinajstić information content (AvgIpc) is 3.31. The molecule has 2 atom stereocenters. The molecule has 43 heavy (non-hydrogen) atoms. The summed E-state index contributed by atoms with van der Waals surface area (Å²) in [5, 5.41) is 23.6. The molecule has 0 unspecified atom stereocenters. The highest BCUT2D eigenvalue weighted by Crippen LogP contribution is 2.40. The van der Waals surface area contributed by atoms with Crippen molar-refractivity contribution in [1.82, 2.24) is 33.9 Å². The van der Waals surface area contributed by atoms with Gasteiger partial charge in [-0.1, -0.05) is 5.16 Å². The van der Waals surface area contributed by atoms with Crippen LogP contribution in [0.4, 0.5) is 5.13 Å². The molecule has 228 valence electrons. The Hall–Kier alpha value is -3.95. The lowest BCUT2D eigenvalue weighted by Crippen LogP contribution is -2.64. The number of aromatic nitrogens is 7. The minimum Gasteiger partial charge on any atom is -0.478 e. The topological polar surface area (TPSA) is 242 Å². The standard InChI is InChI=1S/C22H24N10O8S3/c23-21-26-15(9-42-21)18(28-40-22(1-2-22)20(35)36)17(33)3-14-16(32(19(14)34)43(37,38)39)7-31-25-4-12(27-31)8-41-13-5-29-10-24-11-30(29)6-13/h4,9-11,13-14,16H,1-3,5-8H2,(H3-,23,26,35,36,37,38,39)/p+1/b28-18-/t14-,16+/m0/s1. The van der Waals surface area contributed by atoms with E-state index in [1.54, 1.807) is 24.4 Å². The molecule has 5 heterocycles. The molecule has 1 saturated carbocycles. The van der Waals surface area contributed by atoms with Crippen molar-refractivity contribution in [3.63, 3.8) is 0 Å². The lowest BCUT2D eigenvalue weighted by atomic mass is 9.84. The maximum atomic E-state index is 13.4. The predicted octanol–water partition coefficient (Wildman–Crippen LogP) is -1.26. The van der Waals surface area contributed by atoms with Gasteiger partial charge in [0.2, 0.25) is 17.8 Å². The zero-order valence-corrected chi connectivity index (χ0v) is 24.6. The molecular formula is C22H25N10O8S3+. The first kappa shape index (κ1) is 29.1. The molecule has 1 saturated heterocycles. The summed E-state index contributed by atoms with van der Waals surface area (Å²) in [5.74, 6) is -3.65. The number of anilines is 1. The van der Waals surface area contributed by atoms with Crippen LogP contribution >= 0.6 is 23.1 Å². The van der Waals surface area contributed by atoms with Crippen LogP contribution in [0.5, 0.6) is 0 Å². The smallest absolute Gasteiger partial charge is 0.362 e. The Morgan fingerprint density at radius 2 is 2.14 bits per heavy atom. The van der Waals surface area contributed by atoms with Gasteiger partial charge in [0.1, 0.15) is 12.2 Å². The number of nitrogens with two attached hydrogens (primary N) is 1. The van der Waals surface area contributed by atoms with E-state index in [4.69, 9.17) is 10.6 Å². The van der Waals surface area contributed by atoms with E-state index in [1.165, 1.54) is 16.4 Å². The predicted molar refractivity (Wildman–Crippen MR) is 147 cm³/mol. The number of nitrogen functional groups attached to an aromatic ring is 1. The Labute approximate surface area is 251 Å². The Balaban J connectivity index is 1.15. The van der Waals surface area contributed by atoms with Gasteiger partial charge in [0.25, 0.3) is 0 Å². The number of oxime groups is 1. The Morgan fingerprint density at radius 3 is 2.79 bits per heavy atom. The fourth-order valence-corrected chi connectivity index (χ4v) is 7.39. The number of thiazole rings is 1. The van der Waals surface area contributed by atoms with E-state index in [0.717, 1.165) is 24.4 Å². The highest BCUT2D eigenvalue weighted by molar-refractivity contribution is 7.99. The third-order valence-corrected chi connectivity index (χ3v) is 10.2. The number of hydrogen-bond acceptors (Lipinski definition) is 14. The number of amides is 1. The molecule has 3 aromatic rings. The van der Waals surface area contributed by atoms with E-state index in [1.807, 2.05) is 9.36 Å². The van der Waals surface area contributed by atoms with Crippen molar-refractivity contribution in [2.45, 2.75) is 61.5 Å². The largest absolute Gasteiger partial charge is 0.478 e. The van der Waals surface area contributed by atoms with E-state index in [0.29, 0.717) is 21.0 Å². The molecule has 0 bridgehead atoms. The van der Waals surface area contributed by atoms with Crippen LogP contribution in [-0.2, 0) is 54.9 Å². The average molecular weight is 654 g/mol. The Morgan fingerprint density at radius 1 is 1.35 bits per heavy atom. The van der Waals surface area contributed by atoms with Crippen molar-refractivity contribution in [2.75, 3.05) is 5.73 Å². The minimum absolute atomic E-state index is 0.0178. The summed E-state index contributed by atoms with van der Waals surface area (Å²) < 4.78 is 38.0. The van der Waals surface area contributed by atoms with Gasteiger partial charge in [-0.05, 0) is 4.98 Å². The fraction of sp³-hybridized carbons (Fsp3) is 0.500. The minimum atomic E-state index is -4.95. The number of fused-ring (bicyclic) bond motifs is 1. The number of ketones is 1. The van der Waals surface area contributed by atoms with Gasteiger partial charge in [0.05, 0.1) is 42.2 Å². The summed E-state index contributed by atoms with van der Waals surface area (Å²) in [4.78, 5) is 52.3. The zero-order chi connectivity index (χ0) is 30.5. The summed E-state index contributed by atoms with van der Waals surface area (Å²) in [6, 6.07) is -1.18. The Bertz CT molecular complexity index is 1710.